The molecule has 22 heavy (non-hydrogen) atoms. The van der Waals surface area contributed by atoms with Crippen molar-refractivity contribution in [2.24, 2.45) is 5.73 Å². The van der Waals surface area contributed by atoms with Crippen molar-refractivity contribution in [3.63, 3.8) is 0 Å². The average Bonchev–Trinajstić information content (AvgIpc) is 2.52. The van der Waals surface area contributed by atoms with Gasteiger partial charge >= 0.3 is 0 Å². The lowest BCUT2D eigenvalue weighted by Crippen LogP contribution is -2.06. The number of aryl methyl sites for hydroxylation is 1. The first-order valence-corrected chi connectivity index (χ1v) is 7.92. The second-order valence-electron chi connectivity index (χ2n) is 5.68. The van der Waals surface area contributed by atoms with Gasteiger partial charge in [-0.15, -0.1) is 0 Å². The molecular formula is C20H25NO. The first-order chi connectivity index (χ1) is 10.7. The molecule has 2 N–H and O–H groups in total. The number of benzene rings is 2. The van der Waals surface area contributed by atoms with Gasteiger partial charge in [0.25, 0.3) is 0 Å². The normalized spacial score (nSPS) is 11.3. The Morgan fingerprint density at radius 1 is 1.05 bits per heavy atom. The molecule has 0 bridgehead atoms. The van der Waals surface area contributed by atoms with E-state index in [0.29, 0.717) is 0 Å². The Kier molecular flexibility index (Phi) is 6.23. The Labute approximate surface area is 133 Å². The van der Waals surface area contributed by atoms with Crippen LogP contribution in [0.4, 0.5) is 0 Å². The van der Waals surface area contributed by atoms with Gasteiger partial charge in [0.05, 0.1) is 6.10 Å². The van der Waals surface area contributed by atoms with Crippen LogP contribution in [-0.4, -0.2) is 12.6 Å². The van der Waals surface area contributed by atoms with Crippen LogP contribution in [-0.2, 0) is 6.42 Å². The van der Waals surface area contributed by atoms with Crippen LogP contribution < -0.4 is 10.5 Å². The summed E-state index contributed by atoms with van der Waals surface area (Å²) in [5.41, 5.74) is 9.21. The van der Waals surface area contributed by atoms with E-state index < -0.39 is 0 Å². The third-order valence-corrected chi connectivity index (χ3v) is 3.36. The number of nitrogens with two attached hydrogens (primary N) is 1. The molecule has 2 heteroatoms. The van der Waals surface area contributed by atoms with Crippen LogP contribution >= 0.6 is 0 Å². The van der Waals surface area contributed by atoms with Crippen LogP contribution in [0.2, 0.25) is 0 Å². The van der Waals surface area contributed by atoms with Gasteiger partial charge in [-0.05, 0) is 50.4 Å². The van der Waals surface area contributed by atoms with Gasteiger partial charge in [0.15, 0.2) is 0 Å². The maximum atomic E-state index is 5.85. The van der Waals surface area contributed by atoms with Crippen LogP contribution in [0.1, 0.15) is 37.0 Å². The minimum Gasteiger partial charge on any atom is -0.490 e. The van der Waals surface area contributed by atoms with Gasteiger partial charge in [0.1, 0.15) is 5.75 Å². The second kappa shape index (κ2) is 8.40. The van der Waals surface area contributed by atoms with E-state index >= 15 is 0 Å². The summed E-state index contributed by atoms with van der Waals surface area (Å²) in [7, 11) is 0. The maximum absolute atomic E-state index is 5.85. The van der Waals surface area contributed by atoms with Gasteiger partial charge in [-0.1, -0.05) is 54.6 Å². The van der Waals surface area contributed by atoms with Crippen molar-refractivity contribution in [3.8, 4) is 5.75 Å². The standard InChI is InChI=1S/C20H25NO/c1-16(2)22-20-11-4-3-10-19(20)13-12-18-8-5-7-17(15-18)9-6-14-21/h3-5,7-8,10-13,15-16H,6,9,14,21H2,1-2H3/b13-12+. The Bertz CT molecular complexity index is 617. The van der Waals surface area contributed by atoms with Crippen LogP contribution in [0.5, 0.6) is 5.75 Å². The van der Waals surface area contributed by atoms with Crippen molar-refractivity contribution in [1.82, 2.24) is 0 Å². The smallest absolute Gasteiger partial charge is 0.126 e. The summed E-state index contributed by atoms with van der Waals surface area (Å²) in [5.74, 6) is 0.924. The van der Waals surface area contributed by atoms with Crippen LogP contribution in [0, 0.1) is 0 Å². The maximum Gasteiger partial charge on any atom is 0.126 e. The molecule has 116 valence electrons. The monoisotopic (exact) mass is 295 g/mol. The number of para-hydroxylation sites is 1. The summed E-state index contributed by atoms with van der Waals surface area (Å²) < 4.78 is 5.85. The first-order valence-electron chi connectivity index (χ1n) is 7.92. The molecule has 2 rings (SSSR count). The van der Waals surface area contributed by atoms with E-state index in [1.54, 1.807) is 0 Å². The highest BCUT2D eigenvalue weighted by molar-refractivity contribution is 5.72. The predicted octanol–water partition coefficient (Wildman–Crippen LogP) is 4.54. The fraction of sp³-hybridized carbons (Fsp3) is 0.300. The molecule has 0 amide bonds. The third kappa shape index (κ3) is 5.05. The minimum atomic E-state index is 0.175. The third-order valence-electron chi connectivity index (χ3n) is 3.36. The van der Waals surface area contributed by atoms with E-state index in [1.165, 1.54) is 11.1 Å². The molecule has 0 spiro atoms. The average molecular weight is 295 g/mol. The molecule has 0 heterocycles. The molecule has 0 aromatic heterocycles. The summed E-state index contributed by atoms with van der Waals surface area (Å²) >= 11 is 0. The van der Waals surface area contributed by atoms with Crippen LogP contribution in [0.15, 0.2) is 48.5 Å². The Morgan fingerprint density at radius 2 is 1.86 bits per heavy atom. The second-order valence-corrected chi connectivity index (χ2v) is 5.68. The summed E-state index contributed by atoms with van der Waals surface area (Å²) in [4.78, 5) is 0. The van der Waals surface area contributed by atoms with E-state index in [-0.39, 0.29) is 6.10 Å². The Morgan fingerprint density at radius 3 is 2.64 bits per heavy atom. The zero-order chi connectivity index (χ0) is 15.8. The number of rotatable bonds is 7. The van der Waals surface area contributed by atoms with Gasteiger partial charge in [0.2, 0.25) is 0 Å². The molecule has 0 saturated heterocycles. The topological polar surface area (TPSA) is 35.2 Å². The van der Waals surface area contributed by atoms with Crippen molar-refractivity contribution < 1.29 is 4.74 Å². The van der Waals surface area contributed by atoms with Crippen LogP contribution in [0.3, 0.4) is 0 Å². The van der Waals surface area contributed by atoms with E-state index in [4.69, 9.17) is 10.5 Å². The number of hydrogen-bond donors (Lipinski definition) is 1. The van der Waals surface area contributed by atoms with E-state index in [0.717, 1.165) is 30.7 Å². The molecule has 2 aromatic carbocycles. The van der Waals surface area contributed by atoms with Gasteiger partial charge in [0, 0.05) is 5.56 Å². The fourth-order valence-corrected chi connectivity index (χ4v) is 2.32. The largest absolute Gasteiger partial charge is 0.490 e. The molecular weight excluding hydrogens is 270 g/mol. The highest BCUT2D eigenvalue weighted by atomic mass is 16.5. The van der Waals surface area contributed by atoms with Crippen molar-refractivity contribution in [1.29, 1.82) is 0 Å². The molecule has 2 nitrogen and oxygen atoms in total. The van der Waals surface area contributed by atoms with Gasteiger partial charge in [-0.2, -0.15) is 0 Å². The lowest BCUT2D eigenvalue weighted by Gasteiger charge is -2.12. The lowest BCUT2D eigenvalue weighted by atomic mass is 10.1. The molecule has 0 aliphatic rings. The molecule has 0 aliphatic carbocycles. The van der Waals surface area contributed by atoms with Crippen molar-refractivity contribution in [2.75, 3.05) is 6.54 Å². The van der Waals surface area contributed by atoms with Crippen molar-refractivity contribution in [3.05, 3.63) is 65.2 Å². The van der Waals surface area contributed by atoms with Crippen molar-refractivity contribution >= 4 is 12.2 Å². The van der Waals surface area contributed by atoms with E-state index in [2.05, 4.69) is 42.5 Å². The van der Waals surface area contributed by atoms with E-state index in [1.807, 2.05) is 32.0 Å². The SMILES string of the molecule is CC(C)Oc1ccccc1/C=C/c1cccc(CCCN)c1. The lowest BCUT2D eigenvalue weighted by molar-refractivity contribution is 0.242. The molecule has 0 unspecified atom stereocenters. The molecule has 0 atom stereocenters. The molecule has 0 radical (unpaired) electrons. The van der Waals surface area contributed by atoms with Crippen molar-refractivity contribution in [2.45, 2.75) is 32.8 Å². The molecule has 0 aliphatic heterocycles. The highest BCUT2D eigenvalue weighted by Crippen LogP contribution is 2.22. The molecule has 0 saturated carbocycles. The van der Waals surface area contributed by atoms with Gasteiger partial charge in [-0.25, -0.2) is 0 Å². The minimum absolute atomic E-state index is 0.175. The van der Waals surface area contributed by atoms with E-state index in [9.17, 15) is 0 Å². The van der Waals surface area contributed by atoms with Gasteiger partial charge in [-0.3, -0.25) is 0 Å². The number of ether oxygens (including phenoxy) is 1. The summed E-state index contributed by atoms with van der Waals surface area (Å²) in [5, 5.41) is 0. The van der Waals surface area contributed by atoms with Crippen LogP contribution in [0.25, 0.3) is 12.2 Å². The first kappa shape index (κ1) is 16.3. The fourth-order valence-electron chi connectivity index (χ4n) is 2.32. The zero-order valence-electron chi connectivity index (χ0n) is 13.5. The Hall–Kier alpha value is -2.06. The molecule has 2 aromatic rings. The van der Waals surface area contributed by atoms with Gasteiger partial charge < -0.3 is 10.5 Å². The summed E-state index contributed by atoms with van der Waals surface area (Å²) in [6, 6.07) is 16.7. The predicted molar refractivity (Wildman–Crippen MR) is 95.0 cm³/mol. The summed E-state index contributed by atoms with van der Waals surface area (Å²) in [6.07, 6.45) is 6.48. The number of hydrogen-bond acceptors (Lipinski definition) is 2. The quantitative estimate of drug-likeness (QED) is 0.761. The highest BCUT2D eigenvalue weighted by Gasteiger charge is 2.02. The Balaban J connectivity index is 2.15. The molecule has 0 fully saturated rings. The zero-order valence-corrected chi connectivity index (χ0v) is 13.5. The summed E-state index contributed by atoms with van der Waals surface area (Å²) in [6.45, 7) is 4.82.